The van der Waals surface area contributed by atoms with Gasteiger partial charge in [0.15, 0.2) is 0 Å². The van der Waals surface area contributed by atoms with E-state index in [1.807, 2.05) is 13.2 Å². The highest BCUT2D eigenvalue weighted by molar-refractivity contribution is 5.73. The van der Waals surface area contributed by atoms with Gasteiger partial charge < -0.3 is 13.9 Å². The number of benzene rings is 1. The minimum atomic E-state index is 0.201. The molecule has 0 saturated heterocycles. The van der Waals surface area contributed by atoms with Gasteiger partial charge in [-0.25, -0.2) is 0 Å². The Bertz CT molecular complexity index is 725. The summed E-state index contributed by atoms with van der Waals surface area (Å²) in [6, 6.07) is 4.43. The average molecular weight is 328 g/mol. The van der Waals surface area contributed by atoms with Crippen LogP contribution in [0.25, 0.3) is 11.3 Å². The first kappa shape index (κ1) is 17.1. The van der Waals surface area contributed by atoms with E-state index in [4.69, 9.17) is 13.9 Å². The van der Waals surface area contributed by atoms with Crippen molar-refractivity contribution in [3.05, 3.63) is 40.6 Å². The quantitative estimate of drug-likeness (QED) is 0.735. The van der Waals surface area contributed by atoms with Crippen LogP contribution in [0.5, 0.6) is 5.75 Å². The number of hydrogen-bond acceptors (Lipinski definition) is 3. The SMILES string of the molecule is CCOc1c(-c2occ(C)c2COC)ccc2c1CCCC2(C)C. The van der Waals surface area contributed by atoms with E-state index in [1.54, 1.807) is 7.11 Å². The van der Waals surface area contributed by atoms with Crippen molar-refractivity contribution in [2.75, 3.05) is 13.7 Å². The summed E-state index contributed by atoms with van der Waals surface area (Å²) in [5, 5.41) is 0. The molecule has 1 aromatic heterocycles. The van der Waals surface area contributed by atoms with Gasteiger partial charge >= 0.3 is 0 Å². The van der Waals surface area contributed by atoms with Crippen LogP contribution in [0, 0.1) is 6.92 Å². The minimum absolute atomic E-state index is 0.201. The molecule has 130 valence electrons. The van der Waals surface area contributed by atoms with Crippen LogP contribution in [0.1, 0.15) is 55.9 Å². The molecule has 0 aliphatic heterocycles. The molecule has 1 aromatic carbocycles. The molecule has 2 aromatic rings. The van der Waals surface area contributed by atoms with Crippen LogP contribution in [-0.2, 0) is 23.2 Å². The van der Waals surface area contributed by atoms with E-state index in [0.717, 1.165) is 34.6 Å². The highest BCUT2D eigenvalue weighted by Gasteiger charge is 2.31. The predicted molar refractivity (Wildman–Crippen MR) is 96.7 cm³/mol. The van der Waals surface area contributed by atoms with Gasteiger partial charge in [-0.2, -0.15) is 0 Å². The Hall–Kier alpha value is -1.74. The van der Waals surface area contributed by atoms with Crippen molar-refractivity contribution < 1.29 is 13.9 Å². The van der Waals surface area contributed by atoms with Crippen LogP contribution in [0.15, 0.2) is 22.8 Å². The zero-order chi connectivity index (χ0) is 17.3. The third-order valence-corrected chi connectivity index (χ3v) is 5.14. The second kappa shape index (κ2) is 6.64. The molecule has 1 aliphatic rings. The maximum absolute atomic E-state index is 6.12. The van der Waals surface area contributed by atoms with Gasteiger partial charge in [-0.05, 0) is 61.3 Å². The number of fused-ring (bicyclic) bond motifs is 1. The van der Waals surface area contributed by atoms with Crippen LogP contribution < -0.4 is 4.74 Å². The number of ether oxygens (including phenoxy) is 2. The Labute approximate surface area is 145 Å². The van der Waals surface area contributed by atoms with E-state index in [1.165, 1.54) is 24.0 Å². The molecule has 3 heteroatoms. The van der Waals surface area contributed by atoms with Crippen LogP contribution in [0.4, 0.5) is 0 Å². The molecule has 3 nitrogen and oxygen atoms in total. The van der Waals surface area contributed by atoms with E-state index in [0.29, 0.717) is 13.2 Å². The van der Waals surface area contributed by atoms with Crippen LogP contribution >= 0.6 is 0 Å². The van der Waals surface area contributed by atoms with Gasteiger partial charge in [0.2, 0.25) is 0 Å². The van der Waals surface area contributed by atoms with Crippen molar-refractivity contribution in [2.45, 2.75) is 59.0 Å². The molecule has 0 N–H and O–H groups in total. The highest BCUT2D eigenvalue weighted by atomic mass is 16.5. The van der Waals surface area contributed by atoms with Crippen molar-refractivity contribution in [1.82, 2.24) is 0 Å². The van der Waals surface area contributed by atoms with E-state index >= 15 is 0 Å². The summed E-state index contributed by atoms with van der Waals surface area (Å²) in [6.45, 7) is 9.96. The first-order chi connectivity index (χ1) is 11.5. The lowest BCUT2D eigenvalue weighted by Crippen LogP contribution is -2.24. The van der Waals surface area contributed by atoms with Gasteiger partial charge in [-0.15, -0.1) is 0 Å². The van der Waals surface area contributed by atoms with E-state index in [-0.39, 0.29) is 5.41 Å². The molecule has 0 unspecified atom stereocenters. The number of hydrogen-bond donors (Lipinski definition) is 0. The van der Waals surface area contributed by atoms with E-state index in [2.05, 4.69) is 32.9 Å². The highest BCUT2D eigenvalue weighted by Crippen LogP contribution is 2.46. The standard InChI is InChI=1S/C21H28O3/c1-6-23-19-15-8-7-11-21(3,4)18(15)10-9-16(19)20-17(13-22-5)14(2)12-24-20/h9-10,12H,6-8,11,13H2,1-5H3. The zero-order valence-corrected chi connectivity index (χ0v) is 15.5. The van der Waals surface area contributed by atoms with Crippen molar-refractivity contribution >= 4 is 0 Å². The Balaban J connectivity index is 2.19. The molecule has 1 aliphatic carbocycles. The lowest BCUT2D eigenvalue weighted by atomic mass is 9.72. The summed E-state index contributed by atoms with van der Waals surface area (Å²) in [7, 11) is 1.72. The number of furan rings is 1. The predicted octanol–water partition coefficient (Wildman–Crippen LogP) is 5.41. The van der Waals surface area contributed by atoms with Gasteiger partial charge in [0.25, 0.3) is 0 Å². The fraction of sp³-hybridized carbons (Fsp3) is 0.524. The minimum Gasteiger partial charge on any atom is -0.493 e. The molecule has 24 heavy (non-hydrogen) atoms. The molecule has 1 heterocycles. The fourth-order valence-corrected chi connectivity index (χ4v) is 3.86. The van der Waals surface area contributed by atoms with Gasteiger partial charge in [0.05, 0.1) is 25.0 Å². The second-order valence-corrected chi connectivity index (χ2v) is 7.30. The van der Waals surface area contributed by atoms with Crippen LogP contribution in [0.3, 0.4) is 0 Å². The van der Waals surface area contributed by atoms with E-state index < -0.39 is 0 Å². The summed E-state index contributed by atoms with van der Waals surface area (Å²) in [5.41, 5.74) is 6.24. The summed E-state index contributed by atoms with van der Waals surface area (Å²) in [4.78, 5) is 0. The van der Waals surface area contributed by atoms with Crippen LogP contribution in [0.2, 0.25) is 0 Å². The smallest absolute Gasteiger partial charge is 0.143 e. The number of methoxy groups -OCH3 is 1. The fourth-order valence-electron chi connectivity index (χ4n) is 3.86. The van der Waals surface area contributed by atoms with Crippen molar-refractivity contribution in [3.8, 4) is 17.1 Å². The Morgan fingerprint density at radius 2 is 2.04 bits per heavy atom. The number of aryl methyl sites for hydroxylation is 1. The van der Waals surface area contributed by atoms with Crippen LogP contribution in [-0.4, -0.2) is 13.7 Å². The molecular formula is C21H28O3. The maximum atomic E-state index is 6.12. The Kier molecular flexibility index (Phi) is 4.73. The molecule has 0 saturated carbocycles. The molecule has 0 spiro atoms. The van der Waals surface area contributed by atoms with Crippen molar-refractivity contribution in [3.63, 3.8) is 0 Å². The van der Waals surface area contributed by atoms with Gasteiger partial charge in [0, 0.05) is 12.7 Å². The molecular weight excluding hydrogens is 300 g/mol. The third kappa shape index (κ3) is 2.86. The molecule has 0 bridgehead atoms. The third-order valence-electron chi connectivity index (χ3n) is 5.14. The lowest BCUT2D eigenvalue weighted by Gasteiger charge is -2.34. The zero-order valence-electron chi connectivity index (χ0n) is 15.5. The van der Waals surface area contributed by atoms with Crippen molar-refractivity contribution in [2.24, 2.45) is 0 Å². The van der Waals surface area contributed by atoms with Gasteiger partial charge in [-0.3, -0.25) is 0 Å². The normalized spacial score (nSPS) is 16.0. The summed E-state index contributed by atoms with van der Waals surface area (Å²) in [6.07, 6.45) is 5.30. The van der Waals surface area contributed by atoms with E-state index in [9.17, 15) is 0 Å². The Morgan fingerprint density at radius 3 is 2.75 bits per heavy atom. The number of rotatable bonds is 5. The summed E-state index contributed by atoms with van der Waals surface area (Å²) < 4.78 is 17.4. The summed E-state index contributed by atoms with van der Waals surface area (Å²) in [5.74, 6) is 1.87. The topological polar surface area (TPSA) is 31.6 Å². The first-order valence-electron chi connectivity index (χ1n) is 8.85. The lowest BCUT2D eigenvalue weighted by molar-refractivity contribution is 0.184. The molecule has 0 radical (unpaired) electrons. The second-order valence-electron chi connectivity index (χ2n) is 7.30. The monoisotopic (exact) mass is 328 g/mol. The Morgan fingerprint density at radius 1 is 1.25 bits per heavy atom. The van der Waals surface area contributed by atoms with Gasteiger partial charge in [-0.1, -0.05) is 19.9 Å². The largest absolute Gasteiger partial charge is 0.493 e. The first-order valence-corrected chi connectivity index (χ1v) is 8.85. The summed E-state index contributed by atoms with van der Waals surface area (Å²) >= 11 is 0. The molecule has 0 atom stereocenters. The van der Waals surface area contributed by atoms with Crippen molar-refractivity contribution in [1.29, 1.82) is 0 Å². The van der Waals surface area contributed by atoms with Gasteiger partial charge in [0.1, 0.15) is 11.5 Å². The molecule has 3 rings (SSSR count). The molecule has 0 fully saturated rings. The molecule has 0 amide bonds. The maximum Gasteiger partial charge on any atom is 0.143 e. The average Bonchev–Trinajstić information content (AvgIpc) is 2.89.